The van der Waals surface area contributed by atoms with E-state index in [1.165, 1.54) is 6.42 Å². The topological polar surface area (TPSA) is 45.0 Å². The van der Waals surface area contributed by atoms with Gasteiger partial charge >= 0.3 is 0 Å². The average molecular weight is 451 g/mol. The lowest BCUT2D eigenvalue weighted by Crippen LogP contribution is -2.44. The van der Waals surface area contributed by atoms with Gasteiger partial charge in [0.1, 0.15) is 12.3 Å². The molecule has 10 atom stereocenters. The van der Waals surface area contributed by atoms with Gasteiger partial charge in [-0.15, -0.1) is 0 Å². The first-order valence-corrected chi connectivity index (χ1v) is 13.6. The zero-order chi connectivity index (χ0) is 22.5. The summed E-state index contributed by atoms with van der Waals surface area (Å²) in [6, 6.07) is 2.18. The zero-order valence-corrected chi connectivity index (χ0v) is 20.0. The summed E-state index contributed by atoms with van der Waals surface area (Å²) >= 11 is 0. The number of nitrogens with one attached hydrogen (secondary N) is 1. The molecule has 0 amide bonds. The summed E-state index contributed by atoms with van der Waals surface area (Å²) in [6.07, 6.45) is 10.4. The Morgan fingerprint density at radius 1 is 0.906 bits per heavy atom. The van der Waals surface area contributed by atoms with Crippen LogP contribution in [0.1, 0.15) is 84.0 Å². The Balaban J connectivity index is 1.44. The van der Waals surface area contributed by atoms with Gasteiger partial charge in [0.05, 0.1) is 24.7 Å². The molecular formula is C27H44F2N2O. The van der Waals surface area contributed by atoms with Crippen LogP contribution in [-0.4, -0.2) is 38.1 Å². The number of hydrogen-bond donors (Lipinski definition) is 1. The number of morpholine rings is 1. The summed E-state index contributed by atoms with van der Waals surface area (Å²) < 4.78 is 36.2. The molecule has 4 aliphatic rings. The van der Waals surface area contributed by atoms with Crippen LogP contribution in [0.5, 0.6) is 0 Å². The highest BCUT2D eigenvalue weighted by atomic mass is 19.1. The van der Waals surface area contributed by atoms with E-state index < -0.39 is 18.3 Å². The van der Waals surface area contributed by atoms with Crippen molar-refractivity contribution in [2.75, 3.05) is 19.7 Å². The van der Waals surface area contributed by atoms with Crippen LogP contribution in [0.15, 0.2) is 0 Å². The molecule has 0 aromatic carbocycles. The van der Waals surface area contributed by atoms with E-state index >= 15 is 4.39 Å². The Morgan fingerprint density at radius 2 is 1.72 bits per heavy atom. The van der Waals surface area contributed by atoms with Crippen molar-refractivity contribution in [1.29, 1.82) is 5.26 Å². The third-order valence-corrected chi connectivity index (χ3v) is 9.43. The van der Waals surface area contributed by atoms with Crippen LogP contribution in [0.2, 0.25) is 0 Å². The molecule has 5 heteroatoms. The lowest BCUT2D eigenvalue weighted by molar-refractivity contribution is -0.0320. The Morgan fingerprint density at radius 3 is 2.41 bits per heavy atom. The largest absolute Gasteiger partial charge is 0.376 e. The minimum Gasteiger partial charge on any atom is -0.376 e. The van der Waals surface area contributed by atoms with Crippen molar-refractivity contribution in [2.24, 2.45) is 41.4 Å². The molecule has 4 rings (SSSR count). The molecule has 1 saturated heterocycles. The van der Waals surface area contributed by atoms with Gasteiger partial charge in [0, 0.05) is 13.1 Å². The number of halogens is 2. The van der Waals surface area contributed by atoms with Crippen LogP contribution in [0.3, 0.4) is 0 Å². The minimum atomic E-state index is -1.01. The van der Waals surface area contributed by atoms with Gasteiger partial charge in [-0.05, 0) is 93.3 Å². The molecule has 182 valence electrons. The number of nitrogens with zero attached hydrogens (tertiary/aromatic N) is 1. The molecule has 10 unspecified atom stereocenters. The lowest BCUT2D eigenvalue weighted by atomic mass is 9.58. The second-order valence-corrected chi connectivity index (χ2v) is 11.4. The number of hydrogen-bond acceptors (Lipinski definition) is 3. The third kappa shape index (κ3) is 5.84. The van der Waals surface area contributed by atoms with Crippen molar-refractivity contribution in [3.8, 4) is 6.07 Å². The molecule has 1 heterocycles. The fraction of sp³-hybridized carbons (Fsp3) is 0.963. The van der Waals surface area contributed by atoms with Crippen molar-refractivity contribution in [3.63, 3.8) is 0 Å². The van der Waals surface area contributed by atoms with Crippen molar-refractivity contribution >= 4 is 0 Å². The summed E-state index contributed by atoms with van der Waals surface area (Å²) in [6.45, 7) is 4.85. The van der Waals surface area contributed by atoms with Crippen LogP contribution >= 0.6 is 0 Å². The van der Waals surface area contributed by atoms with Gasteiger partial charge < -0.3 is 10.1 Å². The van der Waals surface area contributed by atoms with Gasteiger partial charge in [-0.25, -0.2) is 8.78 Å². The molecule has 1 aliphatic heterocycles. The van der Waals surface area contributed by atoms with Gasteiger partial charge in [0.25, 0.3) is 0 Å². The van der Waals surface area contributed by atoms with Crippen LogP contribution < -0.4 is 5.32 Å². The Bertz CT molecular complexity index is 619. The molecule has 0 radical (unpaired) electrons. The number of rotatable bonds is 6. The van der Waals surface area contributed by atoms with E-state index in [1.807, 2.05) is 0 Å². The molecule has 3 aliphatic carbocycles. The molecule has 0 spiro atoms. The minimum absolute atomic E-state index is 0.161. The highest BCUT2D eigenvalue weighted by Gasteiger charge is 2.46. The fourth-order valence-corrected chi connectivity index (χ4v) is 7.80. The van der Waals surface area contributed by atoms with Crippen LogP contribution in [0.25, 0.3) is 0 Å². The molecular weight excluding hydrogens is 406 g/mol. The van der Waals surface area contributed by atoms with E-state index in [0.717, 1.165) is 77.5 Å². The van der Waals surface area contributed by atoms with Crippen LogP contribution in [0.4, 0.5) is 8.78 Å². The van der Waals surface area contributed by atoms with E-state index in [4.69, 9.17) is 4.74 Å². The van der Waals surface area contributed by atoms with E-state index in [1.54, 1.807) is 0 Å². The second-order valence-electron chi connectivity index (χ2n) is 11.4. The molecule has 1 N–H and O–H groups in total. The molecule has 32 heavy (non-hydrogen) atoms. The first kappa shape index (κ1) is 24.4. The van der Waals surface area contributed by atoms with Gasteiger partial charge in [0.2, 0.25) is 0 Å². The molecule has 0 aromatic rings. The summed E-state index contributed by atoms with van der Waals surface area (Å²) in [5, 5.41) is 12.7. The number of ether oxygens (including phenoxy) is 1. The van der Waals surface area contributed by atoms with E-state index in [0.29, 0.717) is 42.4 Å². The first-order chi connectivity index (χ1) is 15.6. The van der Waals surface area contributed by atoms with Crippen LogP contribution in [-0.2, 0) is 4.74 Å². The highest BCUT2D eigenvalue weighted by molar-refractivity contribution is 4.99. The van der Waals surface area contributed by atoms with Gasteiger partial charge in [-0.3, -0.25) is 0 Å². The smallest absolute Gasteiger partial charge is 0.116 e. The van der Waals surface area contributed by atoms with Crippen molar-refractivity contribution < 1.29 is 13.5 Å². The van der Waals surface area contributed by atoms with E-state index in [2.05, 4.69) is 18.3 Å². The lowest BCUT2D eigenvalue weighted by Gasteiger charge is -2.48. The molecule has 4 fully saturated rings. The Hall–Kier alpha value is -0.730. The summed E-state index contributed by atoms with van der Waals surface area (Å²) in [5.41, 5.74) is 0. The van der Waals surface area contributed by atoms with Crippen molar-refractivity contribution in [1.82, 2.24) is 5.32 Å². The van der Waals surface area contributed by atoms with Gasteiger partial charge in [-0.2, -0.15) is 5.26 Å². The number of alkyl halides is 2. The summed E-state index contributed by atoms with van der Waals surface area (Å²) in [5.74, 6) is 1.99. The van der Waals surface area contributed by atoms with Crippen molar-refractivity contribution in [2.45, 2.75) is 102 Å². The predicted molar refractivity (Wildman–Crippen MR) is 124 cm³/mol. The Kier molecular flexibility index (Phi) is 8.85. The maximum Gasteiger partial charge on any atom is 0.116 e. The summed E-state index contributed by atoms with van der Waals surface area (Å²) in [7, 11) is 0. The zero-order valence-electron chi connectivity index (χ0n) is 20.0. The Labute approximate surface area is 194 Å². The standard InChI is InChI=1S/C27H44F2N2O/c1-2-3-18-4-9-24(27(29)14-18)23-8-5-19(12-22-17-31-10-11-32-22)13-25(23)20-6-7-21(16-30)26(28)15-20/h18-27,31H,2-15,17H2,1H3. The van der Waals surface area contributed by atoms with E-state index in [9.17, 15) is 9.65 Å². The summed E-state index contributed by atoms with van der Waals surface area (Å²) in [4.78, 5) is 0. The highest BCUT2D eigenvalue weighted by Crippen LogP contribution is 2.52. The van der Waals surface area contributed by atoms with Gasteiger partial charge in [0.15, 0.2) is 0 Å². The van der Waals surface area contributed by atoms with E-state index in [-0.39, 0.29) is 12.0 Å². The second kappa shape index (κ2) is 11.6. The van der Waals surface area contributed by atoms with Crippen molar-refractivity contribution in [3.05, 3.63) is 0 Å². The molecule has 3 saturated carbocycles. The first-order valence-electron chi connectivity index (χ1n) is 13.6. The fourth-order valence-electron chi connectivity index (χ4n) is 7.80. The number of nitriles is 1. The SMILES string of the molecule is CCCC1CCC(C2CCC(CC3CNCCO3)CC2C2CCC(C#N)C(F)C2)C(F)C1. The maximum atomic E-state index is 15.5. The predicted octanol–water partition coefficient (Wildman–Crippen LogP) is 6.23. The normalized spacial score (nSPS) is 45.8. The monoisotopic (exact) mass is 450 g/mol. The molecule has 0 bridgehead atoms. The maximum absolute atomic E-state index is 15.5. The quantitative estimate of drug-likeness (QED) is 0.522. The molecule has 0 aromatic heterocycles. The third-order valence-electron chi connectivity index (χ3n) is 9.43. The molecule has 3 nitrogen and oxygen atoms in total. The van der Waals surface area contributed by atoms with Crippen LogP contribution in [0, 0.1) is 52.8 Å². The van der Waals surface area contributed by atoms with Gasteiger partial charge in [-0.1, -0.05) is 26.2 Å². The average Bonchev–Trinajstić information content (AvgIpc) is 2.80.